The molecule has 0 radical (unpaired) electrons. The van der Waals surface area contributed by atoms with Crippen LogP contribution in [0.1, 0.15) is 38.1 Å². The fourth-order valence-corrected chi connectivity index (χ4v) is 1.60. The van der Waals surface area contributed by atoms with Gasteiger partial charge in [0.05, 0.1) is 0 Å². The molecule has 0 heterocycles. The third-order valence-electron chi connectivity index (χ3n) is 3.60. The van der Waals surface area contributed by atoms with Gasteiger partial charge in [0, 0.05) is 19.2 Å². The van der Waals surface area contributed by atoms with E-state index in [2.05, 4.69) is 31.4 Å². The van der Waals surface area contributed by atoms with E-state index in [1.807, 2.05) is 6.92 Å². The highest BCUT2D eigenvalue weighted by molar-refractivity contribution is 5.94. The van der Waals surface area contributed by atoms with Crippen LogP contribution in [0.3, 0.4) is 0 Å². The zero-order chi connectivity index (χ0) is 15.5. The molecule has 0 aromatic heterocycles. The standard InChI is InChI=1S/C15H22F2N2O/c1-9(15(2,3)4)8-19-14(20)10-6-11(16)13(18-5)12(17)7-10/h6-7,9,18H,8H2,1-5H3,(H,19,20). The van der Waals surface area contributed by atoms with Gasteiger partial charge in [0.25, 0.3) is 5.91 Å². The first kappa shape index (κ1) is 16.4. The van der Waals surface area contributed by atoms with Gasteiger partial charge in [-0.1, -0.05) is 27.7 Å². The van der Waals surface area contributed by atoms with Gasteiger partial charge >= 0.3 is 0 Å². The van der Waals surface area contributed by atoms with Crippen molar-refractivity contribution in [3.05, 3.63) is 29.3 Å². The molecular formula is C15H22F2N2O. The number of hydrogen-bond acceptors (Lipinski definition) is 2. The smallest absolute Gasteiger partial charge is 0.251 e. The summed E-state index contributed by atoms with van der Waals surface area (Å²) >= 11 is 0. The molecule has 0 bridgehead atoms. The van der Waals surface area contributed by atoms with Gasteiger partial charge in [-0.3, -0.25) is 4.79 Å². The number of rotatable bonds is 4. The van der Waals surface area contributed by atoms with E-state index in [-0.39, 0.29) is 22.6 Å². The SMILES string of the molecule is CNc1c(F)cc(C(=O)NCC(C)C(C)(C)C)cc1F. The van der Waals surface area contributed by atoms with Crippen molar-refractivity contribution in [1.82, 2.24) is 5.32 Å². The molecule has 1 aromatic carbocycles. The van der Waals surface area contributed by atoms with Crippen LogP contribution in [0.25, 0.3) is 0 Å². The number of carbonyl (C=O) groups excluding carboxylic acids is 1. The first-order valence-electron chi connectivity index (χ1n) is 6.61. The fourth-order valence-electron chi connectivity index (χ4n) is 1.60. The molecule has 1 unspecified atom stereocenters. The van der Waals surface area contributed by atoms with E-state index in [0.29, 0.717) is 6.54 Å². The summed E-state index contributed by atoms with van der Waals surface area (Å²) in [5.74, 6) is -1.78. The average molecular weight is 284 g/mol. The van der Waals surface area contributed by atoms with Gasteiger partial charge < -0.3 is 10.6 Å². The molecule has 0 spiro atoms. The number of nitrogens with one attached hydrogen (secondary N) is 2. The molecule has 0 saturated carbocycles. The summed E-state index contributed by atoms with van der Waals surface area (Å²) in [6.07, 6.45) is 0. The maximum atomic E-state index is 13.6. The van der Waals surface area contributed by atoms with Gasteiger partial charge in [0.15, 0.2) is 0 Å². The fraction of sp³-hybridized carbons (Fsp3) is 0.533. The Balaban J connectivity index is 2.79. The Labute approximate surface area is 118 Å². The van der Waals surface area contributed by atoms with Gasteiger partial charge in [-0.15, -0.1) is 0 Å². The summed E-state index contributed by atoms with van der Waals surface area (Å²) in [7, 11) is 1.42. The first-order chi connectivity index (χ1) is 9.16. The van der Waals surface area contributed by atoms with E-state index in [4.69, 9.17) is 0 Å². The Morgan fingerprint density at radius 3 is 2.15 bits per heavy atom. The van der Waals surface area contributed by atoms with Crippen LogP contribution in [0, 0.1) is 23.0 Å². The van der Waals surface area contributed by atoms with Crippen LogP contribution in [-0.2, 0) is 0 Å². The number of hydrogen-bond donors (Lipinski definition) is 2. The van der Waals surface area contributed by atoms with Crippen molar-refractivity contribution in [3.8, 4) is 0 Å². The molecule has 3 nitrogen and oxygen atoms in total. The number of anilines is 1. The molecule has 112 valence electrons. The lowest BCUT2D eigenvalue weighted by Crippen LogP contribution is -2.33. The monoisotopic (exact) mass is 284 g/mol. The molecule has 1 aromatic rings. The van der Waals surface area contributed by atoms with Crippen LogP contribution in [-0.4, -0.2) is 19.5 Å². The molecule has 1 amide bonds. The summed E-state index contributed by atoms with van der Waals surface area (Å²) < 4.78 is 27.2. The first-order valence-corrected chi connectivity index (χ1v) is 6.61. The Morgan fingerprint density at radius 1 is 1.25 bits per heavy atom. The molecule has 1 rings (SSSR count). The highest BCUT2D eigenvalue weighted by atomic mass is 19.1. The second-order valence-corrected chi connectivity index (χ2v) is 6.04. The van der Waals surface area contributed by atoms with Gasteiger partial charge in [-0.25, -0.2) is 8.78 Å². The Bertz CT molecular complexity index is 472. The minimum absolute atomic E-state index is 0.0138. The van der Waals surface area contributed by atoms with Gasteiger partial charge in [0.1, 0.15) is 17.3 Å². The summed E-state index contributed by atoms with van der Waals surface area (Å²) in [5.41, 5.74) is -0.190. The number of halogens is 2. The maximum Gasteiger partial charge on any atom is 0.251 e. The van der Waals surface area contributed by atoms with Crippen molar-refractivity contribution in [1.29, 1.82) is 0 Å². The van der Waals surface area contributed by atoms with Crippen molar-refractivity contribution >= 4 is 11.6 Å². The zero-order valence-corrected chi connectivity index (χ0v) is 12.6. The minimum Gasteiger partial charge on any atom is -0.383 e. The number of amides is 1. The number of carbonyl (C=O) groups is 1. The van der Waals surface area contributed by atoms with Crippen LogP contribution in [0.15, 0.2) is 12.1 Å². The van der Waals surface area contributed by atoms with Crippen LogP contribution in [0.4, 0.5) is 14.5 Å². The molecule has 0 fully saturated rings. The number of benzene rings is 1. The van der Waals surface area contributed by atoms with Gasteiger partial charge in [-0.05, 0) is 23.5 Å². The topological polar surface area (TPSA) is 41.1 Å². The quantitative estimate of drug-likeness (QED) is 0.889. The molecule has 1 atom stereocenters. The van der Waals surface area contributed by atoms with Crippen LogP contribution >= 0.6 is 0 Å². The predicted octanol–water partition coefficient (Wildman–Crippen LogP) is 3.42. The Kier molecular flexibility index (Phi) is 5.09. The highest BCUT2D eigenvalue weighted by Crippen LogP contribution is 2.24. The van der Waals surface area contributed by atoms with Crippen LogP contribution < -0.4 is 10.6 Å². The van der Waals surface area contributed by atoms with E-state index in [1.54, 1.807) is 0 Å². The van der Waals surface area contributed by atoms with Crippen LogP contribution in [0.5, 0.6) is 0 Å². The van der Waals surface area contributed by atoms with E-state index in [1.165, 1.54) is 7.05 Å². The second-order valence-electron chi connectivity index (χ2n) is 6.04. The molecule has 20 heavy (non-hydrogen) atoms. The largest absolute Gasteiger partial charge is 0.383 e. The molecule has 0 aliphatic carbocycles. The maximum absolute atomic E-state index is 13.6. The normalized spacial score (nSPS) is 12.9. The van der Waals surface area contributed by atoms with E-state index < -0.39 is 17.5 Å². The lowest BCUT2D eigenvalue weighted by molar-refractivity contribution is 0.0936. The summed E-state index contributed by atoms with van der Waals surface area (Å²) in [6.45, 7) is 8.70. The molecular weight excluding hydrogens is 262 g/mol. The van der Waals surface area contributed by atoms with E-state index in [0.717, 1.165) is 12.1 Å². The molecule has 2 N–H and O–H groups in total. The molecule has 0 aliphatic rings. The van der Waals surface area contributed by atoms with E-state index in [9.17, 15) is 13.6 Å². The van der Waals surface area contributed by atoms with Gasteiger partial charge in [-0.2, -0.15) is 0 Å². The highest BCUT2D eigenvalue weighted by Gasteiger charge is 2.21. The third-order valence-corrected chi connectivity index (χ3v) is 3.60. The lowest BCUT2D eigenvalue weighted by Gasteiger charge is -2.27. The summed E-state index contributed by atoms with van der Waals surface area (Å²) in [6, 6.07) is 2.07. The molecule has 5 heteroatoms. The zero-order valence-electron chi connectivity index (χ0n) is 12.6. The van der Waals surface area contributed by atoms with E-state index >= 15 is 0 Å². The average Bonchev–Trinajstić information content (AvgIpc) is 2.33. The predicted molar refractivity (Wildman–Crippen MR) is 76.9 cm³/mol. The van der Waals surface area contributed by atoms with Crippen molar-refractivity contribution in [2.24, 2.45) is 11.3 Å². The molecule has 0 saturated heterocycles. The lowest BCUT2D eigenvalue weighted by atomic mass is 9.82. The molecule has 0 aliphatic heterocycles. The van der Waals surface area contributed by atoms with Crippen molar-refractivity contribution < 1.29 is 13.6 Å². The second kappa shape index (κ2) is 6.20. The Morgan fingerprint density at radius 2 is 1.75 bits per heavy atom. The van der Waals surface area contributed by atoms with Crippen molar-refractivity contribution in [2.75, 3.05) is 18.9 Å². The third kappa shape index (κ3) is 3.92. The van der Waals surface area contributed by atoms with Crippen LogP contribution in [0.2, 0.25) is 0 Å². The minimum atomic E-state index is -0.776. The van der Waals surface area contributed by atoms with Gasteiger partial charge in [0.2, 0.25) is 0 Å². The van der Waals surface area contributed by atoms with Crippen molar-refractivity contribution in [3.63, 3.8) is 0 Å². The Hall–Kier alpha value is -1.65. The summed E-state index contributed by atoms with van der Waals surface area (Å²) in [5, 5.41) is 5.12. The summed E-state index contributed by atoms with van der Waals surface area (Å²) in [4.78, 5) is 11.9. The van der Waals surface area contributed by atoms with Crippen molar-refractivity contribution in [2.45, 2.75) is 27.7 Å².